The van der Waals surface area contributed by atoms with Crippen molar-refractivity contribution in [3.8, 4) is 0 Å². The van der Waals surface area contributed by atoms with E-state index in [2.05, 4.69) is 10.3 Å². The van der Waals surface area contributed by atoms with Gasteiger partial charge in [-0.1, -0.05) is 18.2 Å². The second kappa shape index (κ2) is 7.20. The van der Waals surface area contributed by atoms with Crippen LogP contribution in [0.15, 0.2) is 29.1 Å². The quantitative estimate of drug-likeness (QED) is 0.834. The predicted molar refractivity (Wildman–Crippen MR) is 100 cm³/mol. The number of aryl methyl sites for hydroxylation is 1. The van der Waals surface area contributed by atoms with Gasteiger partial charge in [-0.2, -0.15) is 0 Å². The number of rotatable bonds is 4. The number of fused-ring (bicyclic) bond motifs is 1. The molecule has 1 saturated heterocycles. The van der Waals surface area contributed by atoms with Gasteiger partial charge < -0.3 is 10.3 Å². The van der Waals surface area contributed by atoms with E-state index in [1.165, 1.54) is 10.6 Å². The minimum atomic E-state index is -3.20. The summed E-state index contributed by atoms with van der Waals surface area (Å²) >= 11 is 0. The Bertz CT molecular complexity index is 989. The molecule has 1 amide bonds. The number of nitrogens with zero attached hydrogens (tertiary/aromatic N) is 1. The lowest BCUT2D eigenvalue weighted by Crippen LogP contribution is -2.42. The van der Waals surface area contributed by atoms with Gasteiger partial charge in [0.05, 0.1) is 11.8 Å². The highest BCUT2D eigenvalue weighted by Crippen LogP contribution is 2.19. The Hall–Kier alpha value is -2.19. The highest BCUT2D eigenvalue weighted by atomic mass is 32.2. The van der Waals surface area contributed by atoms with E-state index in [1.807, 2.05) is 25.1 Å². The van der Waals surface area contributed by atoms with E-state index >= 15 is 0 Å². The number of carbonyl (C=O) groups is 1. The fourth-order valence-electron chi connectivity index (χ4n) is 3.34. The smallest absolute Gasteiger partial charge is 0.253 e. The summed E-state index contributed by atoms with van der Waals surface area (Å²) in [6.45, 7) is 2.80. The molecule has 1 aliphatic heterocycles. The van der Waals surface area contributed by atoms with Crippen molar-refractivity contribution >= 4 is 26.8 Å². The standard InChI is InChI=1S/C18H23N3O4S/c1-12-4-3-5-14-10-15(18(23)20-16(12)14)11-19-17(22)13-6-8-21(9-7-13)26(2,24)25/h3-5,10,13H,6-9,11H2,1-2H3,(H,19,22)(H,20,23). The number of benzene rings is 1. The number of nitrogens with one attached hydrogen (secondary N) is 2. The molecule has 1 aromatic carbocycles. The summed E-state index contributed by atoms with van der Waals surface area (Å²) < 4.78 is 24.5. The third kappa shape index (κ3) is 3.96. The molecule has 0 bridgehead atoms. The van der Waals surface area contributed by atoms with E-state index in [4.69, 9.17) is 0 Å². The summed E-state index contributed by atoms with van der Waals surface area (Å²) in [5.74, 6) is -0.364. The van der Waals surface area contributed by atoms with Crippen LogP contribution >= 0.6 is 0 Å². The number of hydrogen-bond acceptors (Lipinski definition) is 4. The van der Waals surface area contributed by atoms with Crippen LogP contribution < -0.4 is 10.9 Å². The normalized spacial score (nSPS) is 16.7. The van der Waals surface area contributed by atoms with Crippen molar-refractivity contribution in [2.45, 2.75) is 26.3 Å². The zero-order chi connectivity index (χ0) is 18.9. The van der Waals surface area contributed by atoms with Gasteiger partial charge in [0.1, 0.15) is 0 Å². The molecule has 0 spiro atoms. The highest BCUT2D eigenvalue weighted by molar-refractivity contribution is 7.88. The summed E-state index contributed by atoms with van der Waals surface area (Å²) in [6.07, 6.45) is 2.17. The second-order valence-electron chi connectivity index (χ2n) is 6.82. The number of pyridine rings is 1. The molecule has 140 valence electrons. The van der Waals surface area contributed by atoms with Gasteiger partial charge in [0, 0.05) is 31.1 Å². The van der Waals surface area contributed by atoms with E-state index in [0.717, 1.165) is 16.5 Å². The van der Waals surface area contributed by atoms with Crippen molar-refractivity contribution in [1.29, 1.82) is 0 Å². The number of piperidine rings is 1. The summed E-state index contributed by atoms with van der Waals surface area (Å²) in [5, 5.41) is 3.74. The van der Waals surface area contributed by atoms with Gasteiger partial charge in [0.25, 0.3) is 5.56 Å². The third-order valence-electron chi connectivity index (χ3n) is 4.91. The molecule has 1 aromatic heterocycles. The van der Waals surface area contributed by atoms with Crippen LogP contribution in [-0.4, -0.2) is 43.0 Å². The molecule has 0 saturated carbocycles. The lowest BCUT2D eigenvalue weighted by Gasteiger charge is -2.29. The van der Waals surface area contributed by atoms with Crippen molar-refractivity contribution < 1.29 is 13.2 Å². The van der Waals surface area contributed by atoms with Gasteiger partial charge in [-0.15, -0.1) is 0 Å². The second-order valence-corrected chi connectivity index (χ2v) is 8.80. The van der Waals surface area contributed by atoms with Crippen LogP contribution in [0.4, 0.5) is 0 Å². The fraction of sp³-hybridized carbons (Fsp3) is 0.444. The first-order chi connectivity index (χ1) is 12.3. The Kier molecular flexibility index (Phi) is 5.15. The Morgan fingerprint density at radius 1 is 1.31 bits per heavy atom. The zero-order valence-corrected chi connectivity index (χ0v) is 15.7. The highest BCUT2D eigenvalue weighted by Gasteiger charge is 2.28. The molecule has 2 heterocycles. The Morgan fingerprint density at radius 2 is 2.00 bits per heavy atom. The first-order valence-electron chi connectivity index (χ1n) is 8.60. The van der Waals surface area contributed by atoms with E-state index in [1.54, 1.807) is 6.07 Å². The largest absolute Gasteiger partial charge is 0.352 e. The molecular formula is C18H23N3O4S. The Morgan fingerprint density at radius 3 is 2.65 bits per heavy atom. The number of aromatic nitrogens is 1. The number of sulfonamides is 1. The van der Waals surface area contributed by atoms with E-state index in [-0.39, 0.29) is 23.9 Å². The number of para-hydroxylation sites is 1. The lowest BCUT2D eigenvalue weighted by atomic mass is 9.97. The number of carbonyl (C=O) groups excluding carboxylic acids is 1. The maximum Gasteiger partial charge on any atom is 0.253 e. The SMILES string of the molecule is Cc1cccc2cc(CNC(=O)C3CCN(S(C)(=O)=O)CC3)c(=O)[nH]c12. The van der Waals surface area contributed by atoms with Crippen LogP contribution in [0.25, 0.3) is 10.9 Å². The molecule has 7 nitrogen and oxygen atoms in total. The number of amides is 1. The molecule has 1 fully saturated rings. The molecule has 2 aromatic rings. The average Bonchev–Trinajstić information content (AvgIpc) is 2.60. The van der Waals surface area contributed by atoms with Crippen molar-refractivity contribution in [3.05, 3.63) is 45.7 Å². The molecule has 1 aliphatic rings. The molecular weight excluding hydrogens is 354 g/mol. The summed E-state index contributed by atoms with van der Waals surface area (Å²) in [7, 11) is -3.20. The van der Waals surface area contributed by atoms with Crippen LogP contribution in [0.1, 0.15) is 24.0 Å². The van der Waals surface area contributed by atoms with Gasteiger partial charge >= 0.3 is 0 Å². The van der Waals surface area contributed by atoms with Crippen molar-refractivity contribution in [2.24, 2.45) is 5.92 Å². The topological polar surface area (TPSA) is 99.3 Å². The first kappa shape index (κ1) is 18.6. The molecule has 26 heavy (non-hydrogen) atoms. The fourth-order valence-corrected chi connectivity index (χ4v) is 4.21. The van der Waals surface area contributed by atoms with E-state index < -0.39 is 10.0 Å². The van der Waals surface area contributed by atoms with E-state index in [9.17, 15) is 18.0 Å². The molecule has 0 radical (unpaired) electrons. The lowest BCUT2D eigenvalue weighted by molar-refractivity contribution is -0.126. The van der Waals surface area contributed by atoms with E-state index in [0.29, 0.717) is 31.5 Å². The average molecular weight is 377 g/mol. The van der Waals surface area contributed by atoms with Crippen LogP contribution in [0.3, 0.4) is 0 Å². The molecule has 0 unspecified atom stereocenters. The van der Waals surface area contributed by atoms with Crippen LogP contribution in [-0.2, 0) is 21.4 Å². The van der Waals surface area contributed by atoms with Crippen LogP contribution in [0, 0.1) is 12.8 Å². The summed E-state index contributed by atoms with van der Waals surface area (Å²) in [6, 6.07) is 7.58. The molecule has 3 rings (SSSR count). The van der Waals surface area contributed by atoms with Gasteiger partial charge in [-0.3, -0.25) is 9.59 Å². The number of H-pyrrole nitrogens is 1. The van der Waals surface area contributed by atoms with Crippen molar-refractivity contribution in [3.63, 3.8) is 0 Å². The maximum atomic E-state index is 12.4. The number of aromatic amines is 1. The zero-order valence-electron chi connectivity index (χ0n) is 14.9. The Labute approximate surface area is 152 Å². The minimum Gasteiger partial charge on any atom is -0.352 e. The monoisotopic (exact) mass is 377 g/mol. The van der Waals surface area contributed by atoms with Crippen LogP contribution in [0.5, 0.6) is 0 Å². The van der Waals surface area contributed by atoms with Gasteiger partial charge in [0.15, 0.2) is 0 Å². The van der Waals surface area contributed by atoms with Crippen LogP contribution in [0.2, 0.25) is 0 Å². The van der Waals surface area contributed by atoms with Gasteiger partial charge in [-0.05, 0) is 36.8 Å². The molecule has 0 atom stereocenters. The minimum absolute atomic E-state index is 0.137. The summed E-state index contributed by atoms with van der Waals surface area (Å²) in [4.78, 5) is 27.5. The van der Waals surface area contributed by atoms with Crippen molar-refractivity contribution in [1.82, 2.24) is 14.6 Å². The Balaban J connectivity index is 1.64. The third-order valence-corrected chi connectivity index (χ3v) is 6.21. The van der Waals surface area contributed by atoms with Gasteiger partial charge in [0.2, 0.25) is 15.9 Å². The molecule has 0 aliphatic carbocycles. The summed E-state index contributed by atoms with van der Waals surface area (Å²) in [5.41, 5.74) is 2.09. The van der Waals surface area contributed by atoms with Crippen molar-refractivity contribution in [2.75, 3.05) is 19.3 Å². The molecule has 2 N–H and O–H groups in total. The predicted octanol–water partition coefficient (Wildman–Crippen LogP) is 1.12. The van der Waals surface area contributed by atoms with Gasteiger partial charge in [-0.25, -0.2) is 12.7 Å². The number of hydrogen-bond donors (Lipinski definition) is 2. The first-order valence-corrected chi connectivity index (χ1v) is 10.4. The molecule has 8 heteroatoms. The maximum absolute atomic E-state index is 12.4.